The summed E-state index contributed by atoms with van der Waals surface area (Å²) >= 11 is 1.15. The summed E-state index contributed by atoms with van der Waals surface area (Å²) in [5.41, 5.74) is 3.05. The first kappa shape index (κ1) is 18.9. The van der Waals surface area contributed by atoms with Crippen molar-refractivity contribution in [1.82, 2.24) is 15.0 Å². The number of carboxylic acid groups (broad SMARTS) is 1. The molecule has 3 N–H and O–H groups in total. The first-order valence-corrected chi connectivity index (χ1v) is 10.1. The number of nitrogens with one attached hydrogen (secondary N) is 2. The molecule has 0 unspecified atom stereocenters. The van der Waals surface area contributed by atoms with Gasteiger partial charge in [0.2, 0.25) is 0 Å². The van der Waals surface area contributed by atoms with Gasteiger partial charge in [-0.1, -0.05) is 12.1 Å². The number of nitrogens with zero attached hydrogens (tertiary/aromatic N) is 2. The first-order chi connectivity index (χ1) is 14.2. The van der Waals surface area contributed by atoms with Crippen molar-refractivity contribution in [2.45, 2.75) is 13.3 Å². The Kier molecular flexibility index (Phi) is 5.44. The van der Waals surface area contributed by atoms with Crippen molar-refractivity contribution < 1.29 is 14.6 Å². The fourth-order valence-corrected chi connectivity index (χ4v) is 4.10. The minimum Gasteiger partial charge on any atom is -0.492 e. The predicted molar refractivity (Wildman–Crippen MR) is 114 cm³/mol. The number of carbonyl (C=O) groups is 1. The van der Waals surface area contributed by atoms with E-state index < -0.39 is 5.97 Å². The average Bonchev–Trinajstić information content (AvgIpc) is 3.36. The number of thiophene rings is 1. The van der Waals surface area contributed by atoms with Crippen LogP contribution >= 0.6 is 11.3 Å². The minimum atomic E-state index is -1.00. The summed E-state index contributed by atoms with van der Waals surface area (Å²) < 4.78 is 5.44. The zero-order valence-corrected chi connectivity index (χ0v) is 16.6. The summed E-state index contributed by atoms with van der Waals surface area (Å²) in [7, 11) is 0. The Hall–Kier alpha value is -3.39. The third-order valence-electron chi connectivity index (χ3n) is 4.50. The molecule has 0 aliphatic rings. The molecule has 4 rings (SSSR count). The second-order valence-electron chi connectivity index (χ2n) is 6.36. The Labute approximate surface area is 171 Å². The lowest BCUT2D eigenvalue weighted by atomic mass is 10.1. The van der Waals surface area contributed by atoms with E-state index >= 15 is 0 Å². The molecule has 0 aliphatic heterocycles. The van der Waals surface area contributed by atoms with Crippen molar-refractivity contribution in [3.8, 4) is 16.3 Å². The van der Waals surface area contributed by atoms with Gasteiger partial charge in [-0.3, -0.25) is 0 Å². The fraction of sp³-hybridized carbons (Fsp3) is 0.190. The van der Waals surface area contributed by atoms with Crippen molar-refractivity contribution in [2.75, 3.05) is 18.5 Å². The number of rotatable bonds is 8. The van der Waals surface area contributed by atoms with Crippen LogP contribution in [0.25, 0.3) is 21.5 Å². The number of aromatic nitrogens is 3. The number of carboxylic acids is 1. The monoisotopic (exact) mass is 408 g/mol. The Morgan fingerprint density at radius 3 is 3.00 bits per heavy atom. The van der Waals surface area contributed by atoms with Crippen LogP contribution < -0.4 is 10.1 Å². The number of benzene rings is 1. The summed E-state index contributed by atoms with van der Waals surface area (Å²) in [6.07, 6.45) is 4.28. The number of fused-ring (bicyclic) bond motifs is 1. The molecule has 4 aromatic rings. The molecular formula is C21H20N4O3S. The predicted octanol–water partition coefficient (Wildman–Crippen LogP) is 4.44. The maximum Gasteiger partial charge on any atom is 0.349 e. The molecule has 0 bridgehead atoms. The highest BCUT2D eigenvalue weighted by molar-refractivity contribution is 7.17. The summed E-state index contributed by atoms with van der Waals surface area (Å²) in [4.78, 5) is 24.1. The van der Waals surface area contributed by atoms with Crippen molar-refractivity contribution >= 4 is 34.0 Å². The summed E-state index contributed by atoms with van der Waals surface area (Å²) in [6.45, 7) is 2.94. The molecule has 1 aromatic carbocycles. The van der Waals surface area contributed by atoms with Crippen LogP contribution in [0.2, 0.25) is 0 Å². The van der Waals surface area contributed by atoms with Crippen LogP contribution in [-0.4, -0.2) is 39.2 Å². The SMILES string of the molecule is CCOc1cc(-c2cc(NCCc3cccc4[nH]ccc34)ncn2)sc1C(=O)O. The maximum atomic E-state index is 11.4. The average molecular weight is 408 g/mol. The minimum absolute atomic E-state index is 0.176. The molecule has 148 valence electrons. The lowest BCUT2D eigenvalue weighted by Gasteiger charge is -2.07. The molecule has 8 heteroatoms. The van der Waals surface area contributed by atoms with E-state index in [1.807, 2.05) is 25.3 Å². The van der Waals surface area contributed by atoms with E-state index in [4.69, 9.17) is 4.74 Å². The number of hydrogen-bond acceptors (Lipinski definition) is 6. The Morgan fingerprint density at radius 2 is 2.17 bits per heavy atom. The van der Waals surface area contributed by atoms with Gasteiger partial charge in [0.15, 0.2) is 4.88 Å². The second-order valence-corrected chi connectivity index (χ2v) is 7.42. The van der Waals surface area contributed by atoms with E-state index in [1.165, 1.54) is 17.3 Å². The number of H-pyrrole nitrogens is 1. The van der Waals surface area contributed by atoms with Gasteiger partial charge >= 0.3 is 5.97 Å². The second kappa shape index (κ2) is 8.32. The zero-order chi connectivity index (χ0) is 20.2. The highest BCUT2D eigenvalue weighted by Crippen LogP contribution is 2.36. The molecule has 3 heterocycles. The van der Waals surface area contributed by atoms with Crippen LogP contribution in [0.3, 0.4) is 0 Å². The van der Waals surface area contributed by atoms with E-state index in [-0.39, 0.29) is 4.88 Å². The molecule has 3 aromatic heterocycles. The maximum absolute atomic E-state index is 11.4. The Morgan fingerprint density at radius 1 is 1.28 bits per heavy atom. The van der Waals surface area contributed by atoms with E-state index in [0.717, 1.165) is 34.7 Å². The van der Waals surface area contributed by atoms with E-state index in [1.54, 1.807) is 6.07 Å². The van der Waals surface area contributed by atoms with Crippen LogP contribution in [0.15, 0.2) is 48.9 Å². The van der Waals surface area contributed by atoms with Crippen molar-refractivity contribution in [1.29, 1.82) is 0 Å². The van der Waals surface area contributed by atoms with Crippen LogP contribution in [-0.2, 0) is 6.42 Å². The van der Waals surface area contributed by atoms with Crippen LogP contribution in [0.4, 0.5) is 5.82 Å². The molecule has 0 spiro atoms. The van der Waals surface area contributed by atoms with Crippen molar-refractivity contribution in [3.63, 3.8) is 0 Å². The number of aromatic amines is 1. The Bertz CT molecular complexity index is 1150. The summed E-state index contributed by atoms with van der Waals surface area (Å²) in [6, 6.07) is 11.9. The van der Waals surface area contributed by atoms with Gasteiger partial charge in [0, 0.05) is 35.8 Å². The van der Waals surface area contributed by atoms with Crippen LogP contribution in [0, 0.1) is 0 Å². The molecule has 0 saturated carbocycles. The highest BCUT2D eigenvalue weighted by Gasteiger charge is 2.18. The van der Waals surface area contributed by atoms with Crippen molar-refractivity contribution in [3.05, 3.63) is 59.4 Å². The van der Waals surface area contributed by atoms with Crippen molar-refractivity contribution in [2.24, 2.45) is 0 Å². The van der Waals surface area contributed by atoms with Gasteiger partial charge in [0.1, 0.15) is 17.9 Å². The zero-order valence-electron chi connectivity index (χ0n) is 15.8. The summed E-state index contributed by atoms with van der Waals surface area (Å²) in [5, 5.41) is 13.9. The fourth-order valence-electron chi connectivity index (χ4n) is 3.19. The van der Waals surface area contributed by atoms with Gasteiger partial charge in [-0.2, -0.15) is 0 Å². The van der Waals surface area contributed by atoms with Gasteiger partial charge in [0.25, 0.3) is 0 Å². The number of hydrogen-bond donors (Lipinski definition) is 3. The highest BCUT2D eigenvalue weighted by atomic mass is 32.1. The lowest BCUT2D eigenvalue weighted by molar-refractivity contribution is 0.0698. The smallest absolute Gasteiger partial charge is 0.349 e. The van der Waals surface area contributed by atoms with Gasteiger partial charge < -0.3 is 20.1 Å². The van der Waals surface area contributed by atoms with Gasteiger partial charge in [-0.05, 0) is 31.0 Å². The van der Waals surface area contributed by atoms with Crippen LogP contribution in [0.1, 0.15) is 22.2 Å². The van der Waals surface area contributed by atoms with E-state index in [9.17, 15) is 9.90 Å². The normalized spacial score (nSPS) is 10.9. The molecule has 29 heavy (non-hydrogen) atoms. The standard InChI is InChI=1S/C21H20N4O3S/c1-2-28-17-11-18(29-20(17)21(26)27)16-10-19(25-12-24-16)23-8-6-13-4-3-5-15-14(13)7-9-22-15/h3-5,7,9-12,22H,2,6,8H2,1H3,(H,26,27)(H,23,24,25). The number of ether oxygens (including phenoxy) is 1. The van der Waals surface area contributed by atoms with Gasteiger partial charge in [0.05, 0.1) is 17.2 Å². The third-order valence-corrected chi connectivity index (χ3v) is 5.62. The molecule has 7 nitrogen and oxygen atoms in total. The molecule has 0 atom stereocenters. The number of aromatic carboxylic acids is 1. The third kappa shape index (κ3) is 4.07. The molecule has 0 radical (unpaired) electrons. The quantitative estimate of drug-likeness (QED) is 0.399. The Balaban J connectivity index is 1.48. The summed E-state index contributed by atoms with van der Waals surface area (Å²) in [5.74, 6) is 0.0586. The topological polar surface area (TPSA) is 100 Å². The molecule has 0 fully saturated rings. The number of anilines is 1. The lowest BCUT2D eigenvalue weighted by Crippen LogP contribution is -2.06. The molecular weight excluding hydrogens is 388 g/mol. The van der Waals surface area contributed by atoms with Gasteiger partial charge in [-0.15, -0.1) is 11.3 Å². The van der Waals surface area contributed by atoms with Gasteiger partial charge in [-0.25, -0.2) is 14.8 Å². The largest absolute Gasteiger partial charge is 0.492 e. The van der Waals surface area contributed by atoms with E-state index in [0.29, 0.717) is 23.9 Å². The van der Waals surface area contributed by atoms with Crippen LogP contribution in [0.5, 0.6) is 5.75 Å². The first-order valence-electron chi connectivity index (χ1n) is 9.27. The molecule has 0 aliphatic carbocycles. The molecule has 0 amide bonds. The van der Waals surface area contributed by atoms with E-state index in [2.05, 4.69) is 38.5 Å². The molecule has 0 saturated heterocycles.